The van der Waals surface area contributed by atoms with E-state index in [-0.39, 0.29) is 5.41 Å². The molecule has 1 aliphatic carbocycles. The zero-order valence-corrected chi connectivity index (χ0v) is 16.0. The van der Waals surface area contributed by atoms with Gasteiger partial charge in [0.2, 0.25) is 0 Å². The molecule has 3 nitrogen and oxygen atoms in total. The van der Waals surface area contributed by atoms with E-state index >= 15 is 0 Å². The van der Waals surface area contributed by atoms with Gasteiger partial charge >= 0.3 is 0 Å². The lowest BCUT2D eigenvalue weighted by atomic mass is 9.69. The number of aryl methyl sites for hydroxylation is 1. The normalized spacial score (nSPS) is 23.8. The molecule has 2 aromatic carbocycles. The first-order chi connectivity index (χ1) is 12.6. The summed E-state index contributed by atoms with van der Waals surface area (Å²) < 4.78 is 5.56. The van der Waals surface area contributed by atoms with Crippen molar-refractivity contribution in [3.05, 3.63) is 65.2 Å². The Morgan fingerprint density at radius 1 is 1.15 bits per heavy atom. The minimum absolute atomic E-state index is 0.310. The Bertz CT molecular complexity index is 771. The summed E-state index contributed by atoms with van der Waals surface area (Å²) >= 11 is 0. The molecule has 3 heteroatoms. The third kappa shape index (κ3) is 3.76. The fourth-order valence-electron chi connectivity index (χ4n) is 4.27. The van der Waals surface area contributed by atoms with Crippen molar-refractivity contribution in [1.29, 1.82) is 5.26 Å². The standard InChI is InChI=1S/C23H28N2O/c1-17-9-10-22(26-3)21(15-17)18(2)25-20-11-13-23(16-24,14-12-20)19-7-5-4-6-8-19/h4-10,15,18,20,25H,11-14H2,1-3H3/p+1/t18-,20?,23?/m1/s1. The molecular formula is C23H29N2O+. The molecule has 0 aliphatic heterocycles. The molecule has 0 unspecified atom stereocenters. The first-order valence-electron chi connectivity index (χ1n) is 9.54. The molecule has 0 aromatic heterocycles. The van der Waals surface area contributed by atoms with Gasteiger partial charge in [0.05, 0.1) is 30.2 Å². The van der Waals surface area contributed by atoms with Gasteiger partial charge in [-0.15, -0.1) is 0 Å². The third-order valence-electron chi connectivity index (χ3n) is 5.86. The predicted molar refractivity (Wildman–Crippen MR) is 104 cm³/mol. The molecule has 1 fully saturated rings. The molecule has 26 heavy (non-hydrogen) atoms. The topological polar surface area (TPSA) is 49.6 Å². The first kappa shape index (κ1) is 18.5. The largest absolute Gasteiger partial charge is 0.496 e. The van der Waals surface area contributed by atoms with Crippen LogP contribution in [0.5, 0.6) is 5.75 Å². The van der Waals surface area contributed by atoms with Crippen LogP contribution < -0.4 is 10.1 Å². The van der Waals surface area contributed by atoms with E-state index in [4.69, 9.17) is 4.74 Å². The van der Waals surface area contributed by atoms with E-state index in [9.17, 15) is 5.26 Å². The highest BCUT2D eigenvalue weighted by molar-refractivity contribution is 5.38. The molecule has 2 N–H and O–H groups in total. The molecule has 0 spiro atoms. The minimum Gasteiger partial charge on any atom is -0.496 e. The molecule has 1 aliphatic rings. The van der Waals surface area contributed by atoms with Gasteiger partial charge in [0.1, 0.15) is 11.8 Å². The molecule has 0 bridgehead atoms. The second-order valence-electron chi connectivity index (χ2n) is 7.62. The summed E-state index contributed by atoms with van der Waals surface area (Å²) in [5.41, 5.74) is 3.38. The number of benzene rings is 2. The molecule has 1 saturated carbocycles. The molecule has 0 heterocycles. The second-order valence-corrected chi connectivity index (χ2v) is 7.62. The highest BCUT2D eigenvalue weighted by Crippen LogP contribution is 2.38. The number of hydrogen-bond donors (Lipinski definition) is 1. The number of nitrogens with zero attached hydrogens (tertiary/aromatic N) is 1. The predicted octanol–water partition coefficient (Wildman–Crippen LogP) is 4.03. The maximum Gasteiger partial charge on any atom is 0.128 e. The molecule has 1 atom stereocenters. The Morgan fingerprint density at radius 2 is 1.85 bits per heavy atom. The van der Waals surface area contributed by atoms with Crippen LogP contribution in [-0.2, 0) is 5.41 Å². The van der Waals surface area contributed by atoms with Gasteiger partial charge in [0.25, 0.3) is 0 Å². The van der Waals surface area contributed by atoms with Crippen LogP contribution in [0.1, 0.15) is 55.3 Å². The van der Waals surface area contributed by atoms with E-state index < -0.39 is 0 Å². The van der Waals surface area contributed by atoms with Crippen molar-refractivity contribution in [2.45, 2.75) is 57.0 Å². The average Bonchev–Trinajstić information content (AvgIpc) is 2.69. The summed E-state index contributed by atoms with van der Waals surface area (Å²) in [4.78, 5) is 0. The van der Waals surface area contributed by atoms with Gasteiger partial charge in [-0.05, 0) is 44.4 Å². The fraction of sp³-hybridized carbons (Fsp3) is 0.435. The zero-order valence-electron chi connectivity index (χ0n) is 16.0. The highest BCUT2D eigenvalue weighted by Gasteiger charge is 2.38. The van der Waals surface area contributed by atoms with Gasteiger partial charge in [0, 0.05) is 12.8 Å². The molecule has 0 saturated heterocycles. The van der Waals surface area contributed by atoms with Gasteiger partial charge in [0.15, 0.2) is 0 Å². The van der Waals surface area contributed by atoms with Crippen molar-refractivity contribution < 1.29 is 10.1 Å². The molecule has 0 amide bonds. The van der Waals surface area contributed by atoms with Gasteiger partial charge in [-0.1, -0.05) is 42.0 Å². The van der Waals surface area contributed by atoms with Gasteiger partial charge in [-0.25, -0.2) is 0 Å². The van der Waals surface area contributed by atoms with Gasteiger partial charge in [-0.3, -0.25) is 0 Å². The van der Waals surface area contributed by atoms with E-state index in [1.165, 1.54) is 16.7 Å². The number of nitriles is 1. The van der Waals surface area contributed by atoms with Crippen LogP contribution in [0, 0.1) is 18.3 Å². The molecule has 0 radical (unpaired) electrons. The Labute approximate surface area is 157 Å². The number of ether oxygens (including phenoxy) is 1. The SMILES string of the molecule is COc1ccc(C)cc1[C@@H](C)[NH2+]C1CCC(C#N)(c2ccccc2)CC1. The lowest BCUT2D eigenvalue weighted by Crippen LogP contribution is -2.90. The lowest BCUT2D eigenvalue weighted by molar-refractivity contribution is -0.727. The van der Waals surface area contributed by atoms with Crippen LogP contribution in [0.2, 0.25) is 0 Å². The second kappa shape index (κ2) is 7.93. The number of nitrogens with two attached hydrogens (primary N) is 1. The van der Waals surface area contributed by atoms with Gasteiger partial charge < -0.3 is 10.1 Å². The van der Waals surface area contributed by atoms with E-state index in [2.05, 4.69) is 55.6 Å². The Balaban J connectivity index is 1.67. The number of hydrogen-bond acceptors (Lipinski definition) is 2. The lowest BCUT2D eigenvalue weighted by Gasteiger charge is -2.35. The summed E-state index contributed by atoms with van der Waals surface area (Å²) in [6.07, 6.45) is 4.01. The smallest absolute Gasteiger partial charge is 0.128 e. The first-order valence-corrected chi connectivity index (χ1v) is 9.54. The van der Waals surface area contributed by atoms with Crippen molar-refractivity contribution >= 4 is 0 Å². The van der Waals surface area contributed by atoms with E-state index in [1.807, 2.05) is 18.2 Å². The Morgan fingerprint density at radius 3 is 2.46 bits per heavy atom. The van der Waals surface area contributed by atoms with Crippen molar-refractivity contribution in [3.8, 4) is 11.8 Å². The zero-order chi connectivity index (χ0) is 18.6. The fourth-order valence-corrected chi connectivity index (χ4v) is 4.27. The highest BCUT2D eigenvalue weighted by atomic mass is 16.5. The quantitative estimate of drug-likeness (QED) is 0.886. The summed E-state index contributed by atoms with van der Waals surface area (Å²) in [5, 5.41) is 12.3. The minimum atomic E-state index is -0.310. The van der Waals surface area contributed by atoms with Crippen molar-refractivity contribution in [1.82, 2.24) is 0 Å². The van der Waals surface area contributed by atoms with Crippen LogP contribution in [0.25, 0.3) is 0 Å². The van der Waals surface area contributed by atoms with Crippen LogP contribution in [0.4, 0.5) is 0 Å². The maximum atomic E-state index is 9.86. The third-order valence-corrected chi connectivity index (χ3v) is 5.86. The number of quaternary nitrogens is 1. The molecule has 136 valence electrons. The Kier molecular flexibility index (Phi) is 5.64. The summed E-state index contributed by atoms with van der Waals surface area (Å²) in [7, 11) is 1.74. The van der Waals surface area contributed by atoms with Crippen LogP contribution in [0.15, 0.2) is 48.5 Å². The molecule has 3 rings (SSSR count). The van der Waals surface area contributed by atoms with E-state index in [0.717, 1.165) is 31.4 Å². The number of methoxy groups -OCH3 is 1. The van der Waals surface area contributed by atoms with Crippen molar-refractivity contribution in [3.63, 3.8) is 0 Å². The average molecular weight is 349 g/mol. The van der Waals surface area contributed by atoms with Gasteiger partial charge in [-0.2, -0.15) is 5.26 Å². The summed E-state index contributed by atoms with van der Waals surface area (Å²) in [6.45, 7) is 4.37. The van der Waals surface area contributed by atoms with E-state index in [0.29, 0.717) is 12.1 Å². The summed E-state index contributed by atoms with van der Waals surface area (Å²) in [6, 6.07) is 20.2. The monoisotopic (exact) mass is 349 g/mol. The van der Waals surface area contributed by atoms with Crippen molar-refractivity contribution in [2.75, 3.05) is 7.11 Å². The van der Waals surface area contributed by atoms with Crippen LogP contribution >= 0.6 is 0 Å². The van der Waals surface area contributed by atoms with Crippen LogP contribution in [0.3, 0.4) is 0 Å². The molecular weight excluding hydrogens is 320 g/mol. The number of rotatable bonds is 5. The van der Waals surface area contributed by atoms with Crippen LogP contribution in [-0.4, -0.2) is 13.2 Å². The summed E-state index contributed by atoms with van der Waals surface area (Å²) in [5.74, 6) is 0.964. The molecule has 2 aromatic rings. The van der Waals surface area contributed by atoms with Crippen molar-refractivity contribution in [2.24, 2.45) is 0 Å². The van der Waals surface area contributed by atoms with E-state index in [1.54, 1.807) is 7.11 Å². The maximum absolute atomic E-state index is 9.86. The Hall–Kier alpha value is -2.31.